The molecule has 0 saturated heterocycles. The first-order valence-corrected chi connectivity index (χ1v) is 11.9. The molecule has 0 unspecified atom stereocenters. The van der Waals surface area contributed by atoms with Crippen molar-refractivity contribution in [1.29, 1.82) is 0 Å². The van der Waals surface area contributed by atoms with E-state index in [1.54, 1.807) is 37.4 Å². The summed E-state index contributed by atoms with van der Waals surface area (Å²) in [5, 5.41) is 15.3. The van der Waals surface area contributed by atoms with Crippen LogP contribution in [-0.2, 0) is 14.3 Å². The Hall–Kier alpha value is -3.76. The minimum Gasteiger partial charge on any atom is -0.493 e. The Balaban J connectivity index is 1.73. The van der Waals surface area contributed by atoms with Crippen LogP contribution in [0.1, 0.15) is 23.5 Å². The number of rotatable bonds is 9. The summed E-state index contributed by atoms with van der Waals surface area (Å²) >= 11 is 7.32. The lowest BCUT2D eigenvalue weighted by molar-refractivity contribution is -0.174. The topological polar surface area (TPSA) is 123 Å². The van der Waals surface area contributed by atoms with E-state index in [1.165, 1.54) is 32.3 Å². The molecule has 0 aliphatic carbocycles. The van der Waals surface area contributed by atoms with Crippen molar-refractivity contribution in [3.63, 3.8) is 0 Å². The maximum Gasteiger partial charge on any atom is 0.417 e. The van der Waals surface area contributed by atoms with Gasteiger partial charge in [-0.1, -0.05) is 23.7 Å². The van der Waals surface area contributed by atoms with E-state index in [2.05, 4.69) is 10.6 Å². The summed E-state index contributed by atoms with van der Waals surface area (Å²) in [7, 11) is 3.19. The van der Waals surface area contributed by atoms with Crippen molar-refractivity contribution in [2.24, 2.45) is 0 Å². The van der Waals surface area contributed by atoms with E-state index in [9.17, 15) is 14.4 Å². The van der Waals surface area contributed by atoms with Crippen molar-refractivity contribution in [1.82, 2.24) is 0 Å². The van der Waals surface area contributed by atoms with Gasteiger partial charge in [-0.25, -0.2) is 9.59 Å². The molecular formula is C25H25ClN2O7S. The average Bonchev–Trinajstić information content (AvgIpc) is 3.28. The van der Waals surface area contributed by atoms with Gasteiger partial charge in [-0.2, -0.15) is 0 Å². The number of thiophene rings is 1. The van der Waals surface area contributed by atoms with Gasteiger partial charge in [0.05, 0.1) is 12.8 Å². The van der Waals surface area contributed by atoms with Crippen molar-refractivity contribution in [3.05, 3.63) is 58.4 Å². The summed E-state index contributed by atoms with van der Waals surface area (Å²) in [6.45, 7) is 2.92. The van der Waals surface area contributed by atoms with Crippen LogP contribution in [0.4, 0.5) is 11.4 Å². The highest BCUT2D eigenvalue weighted by Gasteiger charge is 2.28. The fraction of sp³-hybridized carbons (Fsp3) is 0.240. The van der Waals surface area contributed by atoms with Crippen molar-refractivity contribution in [3.8, 4) is 21.9 Å². The van der Waals surface area contributed by atoms with Gasteiger partial charge < -0.3 is 30.0 Å². The number of amides is 1. The number of ether oxygens (including phenoxy) is 3. The van der Waals surface area contributed by atoms with Crippen LogP contribution in [0.25, 0.3) is 10.4 Å². The molecule has 1 aromatic heterocycles. The Bertz CT molecular complexity index is 1270. The van der Waals surface area contributed by atoms with Crippen LogP contribution in [-0.4, -0.2) is 49.3 Å². The van der Waals surface area contributed by atoms with Gasteiger partial charge in [0, 0.05) is 28.7 Å². The third kappa shape index (κ3) is 6.67. The molecule has 3 N–H and O–H groups in total. The highest BCUT2D eigenvalue weighted by Crippen LogP contribution is 2.36. The van der Waals surface area contributed by atoms with E-state index in [1.807, 2.05) is 18.2 Å². The lowest BCUT2D eigenvalue weighted by Crippen LogP contribution is -2.37. The minimum atomic E-state index is -1.69. The van der Waals surface area contributed by atoms with E-state index in [0.29, 0.717) is 32.8 Å². The number of nitrogens with one attached hydrogen (secondary N) is 2. The monoisotopic (exact) mass is 532 g/mol. The maximum atomic E-state index is 13.1. The number of methoxy groups -OCH3 is 1. The zero-order valence-electron chi connectivity index (χ0n) is 20.0. The smallest absolute Gasteiger partial charge is 0.417 e. The number of benzene rings is 2. The van der Waals surface area contributed by atoms with Crippen LogP contribution < -0.4 is 20.1 Å². The molecule has 190 valence electrons. The van der Waals surface area contributed by atoms with Gasteiger partial charge in [-0.15, -0.1) is 11.3 Å². The first kappa shape index (κ1) is 26.8. The van der Waals surface area contributed by atoms with Crippen LogP contribution in [0.5, 0.6) is 11.5 Å². The van der Waals surface area contributed by atoms with Gasteiger partial charge in [0.15, 0.2) is 11.5 Å². The van der Waals surface area contributed by atoms with E-state index in [0.717, 1.165) is 10.4 Å². The fourth-order valence-corrected chi connectivity index (χ4v) is 4.32. The number of carbonyl (C=O) groups excluding carboxylic acids is 2. The largest absolute Gasteiger partial charge is 0.493 e. The molecule has 0 saturated carbocycles. The number of esters is 1. The van der Waals surface area contributed by atoms with Crippen molar-refractivity contribution in [2.75, 3.05) is 31.4 Å². The molecule has 0 atom stereocenters. The lowest BCUT2D eigenvalue weighted by atomic mass is 10.1. The zero-order chi connectivity index (χ0) is 26.5. The second-order valence-electron chi connectivity index (χ2n) is 8.17. The van der Waals surface area contributed by atoms with Crippen molar-refractivity contribution >= 4 is 52.2 Å². The number of carboxylic acids is 1. The van der Waals surface area contributed by atoms with Crippen LogP contribution in [0.2, 0.25) is 5.02 Å². The van der Waals surface area contributed by atoms with Gasteiger partial charge in [0.25, 0.3) is 5.91 Å². The number of halogens is 1. The van der Waals surface area contributed by atoms with E-state index in [-0.39, 0.29) is 12.5 Å². The second kappa shape index (κ2) is 11.3. The summed E-state index contributed by atoms with van der Waals surface area (Å²) in [6.07, 6.45) is 0. The zero-order valence-corrected chi connectivity index (χ0v) is 21.6. The summed E-state index contributed by atoms with van der Waals surface area (Å²) in [6, 6.07) is 14.1. The van der Waals surface area contributed by atoms with Crippen molar-refractivity contribution < 1.29 is 33.7 Å². The molecule has 0 radical (unpaired) electrons. The standard InChI is InChI=1S/C25H25ClN2O7S/c1-25(2,35-24(32)23(30)31)13-34-18-10-9-16(11-19(18)33-4)28-22(29)21-17(27-3)12-20(36-21)14-5-7-15(26)8-6-14/h5-12,27H,13H2,1-4H3,(H,28,29)(H,30,31). The molecule has 0 fully saturated rings. The molecule has 1 amide bonds. The maximum absolute atomic E-state index is 13.1. The highest BCUT2D eigenvalue weighted by atomic mass is 35.5. The highest BCUT2D eigenvalue weighted by molar-refractivity contribution is 7.18. The number of hydrogen-bond donors (Lipinski definition) is 3. The Kier molecular flexibility index (Phi) is 8.44. The fourth-order valence-electron chi connectivity index (χ4n) is 3.13. The summed E-state index contributed by atoms with van der Waals surface area (Å²) < 4.78 is 16.0. The second-order valence-corrected chi connectivity index (χ2v) is 9.66. The Morgan fingerprint density at radius 1 is 1.06 bits per heavy atom. The SMILES string of the molecule is CNc1cc(-c2ccc(Cl)cc2)sc1C(=O)Nc1ccc(OCC(C)(C)OC(=O)C(=O)O)c(OC)c1. The quantitative estimate of drug-likeness (QED) is 0.255. The molecule has 0 aliphatic heterocycles. The predicted molar refractivity (Wildman–Crippen MR) is 139 cm³/mol. The van der Waals surface area contributed by atoms with E-state index in [4.69, 9.17) is 30.9 Å². The lowest BCUT2D eigenvalue weighted by Gasteiger charge is -2.24. The van der Waals surface area contributed by atoms with E-state index >= 15 is 0 Å². The number of anilines is 2. The summed E-state index contributed by atoms with van der Waals surface area (Å²) in [5.41, 5.74) is 0.912. The Labute approximate surface area is 216 Å². The molecule has 2 aromatic carbocycles. The molecule has 3 aromatic rings. The number of carboxylic acid groups (broad SMARTS) is 1. The molecule has 1 heterocycles. The number of hydrogen-bond acceptors (Lipinski definition) is 8. The van der Waals surface area contributed by atoms with E-state index < -0.39 is 17.5 Å². The number of aliphatic carboxylic acids is 1. The number of carbonyl (C=O) groups is 3. The summed E-state index contributed by atoms with van der Waals surface area (Å²) in [4.78, 5) is 36.6. The first-order chi connectivity index (χ1) is 17.0. The van der Waals surface area contributed by atoms with Gasteiger partial charge in [-0.3, -0.25) is 4.79 Å². The third-order valence-corrected chi connectivity index (χ3v) is 6.31. The van der Waals surface area contributed by atoms with Crippen molar-refractivity contribution in [2.45, 2.75) is 19.4 Å². The summed E-state index contributed by atoms with van der Waals surface area (Å²) in [5.74, 6) is -2.71. The van der Waals surface area contributed by atoms with Gasteiger partial charge in [0.2, 0.25) is 0 Å². The average molecular weight is 533 g/mol. The normalized spacial score (nSPS) is 10.9. The minimum absolute atomic E-state index is 0.123. The molecular weight excluding hydrogens is 508 g/mol. The predicted octanol–water partition coefficient (Wildman–Crippen LogP) is 5.16. The van der Waals surface area contributed by atoms with Gasteiger partial charge in [0.1, 0.15) is 17.1 Å². The Morgan fingerprint density at radius 3 is 2.36 bits per heavy atom. The first-order valence-electron chi connectivity index (χ1n) is 10.7. The molecule has 0 bridgehead atoms. The molecule has 11 heteroatoms. The third-order valence-electron chi connectivity index (χ3n) is 4.88. The molecule has 9 nitrogen and oxygen atoms in total. The van der Waals surface area contributed by atoms with Crippen LogP contribution in [0.3, 0.4) is 0 Å². The van der Waals surface area contributed by atoms with Crippen LogP contribution in [0, 0.1) is 0 Å². The van der Waals surface area contributed by atoms with Crippen LogP contribution >= 0.6 is 22.9 Å². The van der Waals surface area contributed by atoms with Gasteiger partial charge in [-0.05, 0) is 49.7 Å². The molecule has 3 rings (SSSR count). The van der Waals surface area contributed by atoms with Gasteiger partial charge >= 0.3 is 11.9 Å². The molecule has 0 spiro atoms. The molecule has 36 heavy (non-hydrogen) atoms. The molecule has 0 aliphatic rings. The Morgan fingerprint density at radius 2 is 1.75 bits per heavy atom. The van der Waals surface area contributed by atoms with Crippen LogP contribution in [0.15, 0.2) is 48.5 Å².